The molecule has 1 aliphatic carbocycles. The first-order valence-corrected chi connectivity index (χ1v) is 8.26. The Kier molecular flexibility index (Phi) is 5.11. The summed E-state index contributed by atoms with van der Waals surface area (Å²) in [6, 6.07) is 7.96. The largest absolute Gasteiger partial charge is 0.481 e. The molecule has 1 atom stereocenters. The van der Waals surface area contributed by atoms with Gasteiger partial charge >= 0.3 is 0 Å². The number of allylic oxidation sites excluding steroid dienone is 1. The fraction of sp³-hybridized carbons (Fsp3) is 0.368. The highest BCUT2D eigenvalue weighted by Crippen LogP contribution is 2.21. The Balaban J connectivity index is 1.71. The third-order valence-corrected chi connectivity index (χ3v) is 4.52. The number of fused-ring (bicyclic) bond motifs is 1. The molecule has 1 unspecified atom stereocenters. The number of aromatic nitrogens is 2. The minimum Gasteiger partial charge on any atom is -0.481 e. The minimum atomic E-state index is 0.0557. The van der Waals surface area contributed by atoms with Crippen molar-refractivity contribution in [3.63, 3.8) is 0 Å². The van der Waals surface area contributed by atoms with Gasteiger partial charge in [-0.25, -0.2) is 4.98 Å². The number of hydrogen-bond donors (Lipinski definition) is 1. The van der Waals surface area contributed by atoms with Gasteiger partial charge in [0.15, 0.2) is 0 Å². The lowest BCUT2D eigenvalue weighted by Crippen LogP contribution is -2.37. The second-order valence-electron chi connectivity index (χ2n) is 6.04. The monoisotopic (exact) mass is 325 g/mol. The van der Waals surface area contributed by atoms with Crippen LogP contribution in [0.1, 0.15) is 23.2 Å². The predicted molar refractivity (Wildman–Crippen MR) is 94.3 cm³/mol. The van der Waals surface area contributed by atoms with E-state index in [-0.39, 0.29) is 5.56 Å². The van der Waals surface area contributed by atoms with Crippen LogP contribution in [0.2, 0.25) is 0 Å². The third-order valence-electron chi connectivity index (χ3n) is 4.52. The Hall–Kier alpha value is -2.40. The predicted octanol–water partition coefficient (Wildman–Crippen LogP) is 2.08. The summed E-state index contributed by atoms with van der Waals surface area (Å²) in [7, 11) is 1.64. The maximum atomic E-state index is 12.0. The molecule has 2 heterocycles. The molecule has 5 nitrogen and oxygen atoms in total. The molecule has 0 saturated carbocycles. The molecule has 0 radical (unpaired) electrons. The molecule has 5 heteroatoms. The molecule has 2 aromatic rings. The van der Waals surface area contributed by atoms with E-state index in [0.717, 1.165) is 37.1 Å². The van der Waals surface area contributed by atoms with E-state index in [2.05, 4.69) is 16.9 Å². The Morgan fingerprint density at radius 1 is 1.46 bits per heavy atom. The molecule has 0 saturated heterocycles. The summed E-state index contributed by atoms with van der Waals surface area (Å²) in [5.74, 6) is 0.668. The normalized spacial score (nSPS) is 16.5. The van der Waals surface area contributed by atoms with Crippen molar-refractivity contribution >= 4 is 0 Å². The molecule has 1 N–H and O–H groups in total. The van der Waals surface area contributed by atoms with Crippen LogP contribution < -0.4 is 15.6 Å². The molecule has 0 spiro atoms. The van der Waals surface area contributed by atoms with E-state index in [0.29, 0.717) is 18.5 Å². The summed E-state index contributed by atoms with van der Waals surface area (Å²) < 4.78 is 7.13. The SMILES string of the molecule is C=CCn1c2c(ccc1=O)CC(NCc1cccnc1OC)CC2. The first-order chi connectivity index (χ1) is 11.7. The van der Waals surface area contributed by atoms with Gasteiger partial charge in [0.1, 0.15) is 0 Å². The van der Waals surface area contributed by atoms with Crippen LogP contribution >= 0.6 is 0 Å². The van der Waals surface area contributed by atoms with E-state index in [1.54, 1.807) is 25.4 Å². The van der Waals surface area contributed by atoms with Crippen LogP contribution in [0.25, 0.3) is 0 Å². The first kappa shape index (κ1) is 16.5. The van der Waals surface area contributed by atoms with Crippen molar-refractivity contribution in [2.45, 2.75) is 38.4 Å². The number of nitrogens with one attached hydrogen (secondary N) is 1. The number of nitrogens with zero attached hydrogens (tertiary/aromatic N) is 2. The van der Waals surface area contributed by atoms with Crippen LogP contribution in [0.4, 0.5) is 0 Å². The summed E-state index contributed by atoms with van der Waals surface area (Å²) in [4.78, 5) is 16.3. The van der Waals surface area contributed by atoms with Crippen molar-refractivity contribution < 1.29 is 4.74 Å². The van der Waals surface area contributed by atoms with E-state index in [9.17, 15) is 4.79 Å². The first-order valence-electron chi connectivity index (χ1n) is 8.26. The zero-order valence-corrected chi connectivity index (χ0v) is 14.0. The van der Waals surface area contributed by atoms with Crippen molar-refractivity contribution in [2.24, 2.45) is 0 Å². The van der Waals surface area contributed by atoms with Gasteiger partial charge < -0.3 is 14.6 Å². The van der Waals surface area contributed by atoms with Crippen molar-refractivity contribution in [3.8, 4) is 5.88 Å². The average Bonchev–Trinajstić information content (AvgIpc) is 2.62. The lowest BCUT2D eigenvalue weighted by atomic mass is 9.91. The smallest absolute Gasteiger partial charge is 0.251 e. The molecule has 3 rings (SSSR count). The average molecular weight is 325 g/mol. The Bertz CT molecular complexity index is 782. The highest BCUT2D eigenvalue weighted by Gasteiger charge is 2.21. The van der Waals surface area contributed by atoms with Crippen LogP contribution in [-0.4, -0.2) is 22.7 Å². The van der Waals surface area contributed by atoms with Crippen LogP contribution in [0, 0.1) is 0 Å². The van der Waals surface area contributed by atoms with Gasteiger partial charge in [-0.15, -0.1) is 6.58 Å². The standard InChI is InChI=1S/C19H23N3O2/c1-3-11-22-17-8-7-16(12-14(17)6-9-18(22)23)21-13-15-5-4-10-20-19(15)24-2/h3-6,9-10,16,21H,1,7-8,11-13H2,2H3. The third kappa shape index (κ3) is 3.41. The molecule has 0 aromatic carbocycles. The molecular weight excluding hydrogens is 302 g/mol. The molecular formula is C19H23N3O2. The van der Waals surface area contributed by atoms with Crippen molar-refractivity contribution in [2.75, 3.05) is 7.11 Å². The Morgan fingerprint density at radius 3 is 3.12 bits per heavy atom. The van der Waals surface area contributed by atoms with Gasteiger partial charge in [0.25, 0.3) is 5.56 Å². The van der Waals surface area contributed by atoms with Gasteiger partial charge in [-0.2, -0.15) is 0 Å². The Morgan fingerprint density at radius 2 is 2.33 bits per heavy atom. The second-order valence-corrected chi connectivity index (χ2v) is 6.04. The molecule has 24 heavy (non-hydrogen) atoms. The van der Waals surface area contributed by atoms with Crippen LogP contribution in [-0.2, 0) is 25.9 Å². The summed E-state index contributed by atoms with van der Waals surface area (Å²) in [5.41, 5.74) is 3.51. The lowest BCUT2D eigenvalue weighted by molar-refractivity contribution is 0.384. The van der Waals surface area contributed by atoms with E-state index >= 15 is 0 Å². The van der Waals surface area contributed by atoms with Crippen LogP contribution in [0.5, 0.6) is 5.88 Å². The van der Waals surface area contributed by atoms with Gasteiger partial charge in [0, 0.05) is 42.7 Å². The van der Waals surface area contributed by atoms with E-state index in [4.69, 9.17) is 4.74 Å². The minimum absolute atomic E-state index is 0.0557. The van der Waals surface area contributed by atoms with Gasteiger partial charge in [-0.3, -0.25) is 4.79 Å². The zero-order chi connectivity index (χ0) is 16.9. The molecule has 0 aliphatic heterocycles. The highest BCUT2D eigenvalue weighted by atomic mass is 16.5. The highest BCUT2D eigenvalue weighted by molar-refractivity contribution is 5.27. The fourth-order valence-electron chi connectivity index (χ4n) is 3.32. The Labute approximate surface area is 142 Å². The van der Waals surface area contributed by atoms with Crippen LogP contribution in [0.3, 0.4) is 0 Å². The number of ether oxygens (including phenoxy) is 1. The summed E-state index contributed by atoms with van der Waals surface area (Å²) in [6.45, 7) is 5.05. The number of methoxy groups -OCH3 is 1. The topological polar surface area (TPSA) is 56.2 Å². The van der Waals surface area contributed by atoms with Crippen molar-refractivity contribution in [1.82, 2.24) is 14.9 Å². The van der Waals surface area contributed by atoms with Gasteiger partial charge in [-0.05, 0) is 30.9 Å². The zero-order valence-electron chi connectivity index (χ0n) is 14.0. The maximum absolute atomic E-state index is 12.0. The molecule has 0 bridgehead atoms. The second kappa shape index (κ2) is 7.45. The van der Waals surface area contributed by atoms with Gasteiger partial charge in [0.2, 0.25) is 5.88 Å². The number of hydrogen-bond acceptors (Lipinski definition) is 4. The molecule has 1 aliphatic rings. The summed E-state index contributed by atoms with van der Waals surface area (Å²) >= 11 is 0. The van der Waals surface area contributed by atoms with Crippen molar-refractivity contribution in [3.05, 3.63) is 70.3 Å². The quantitative estimate of drug-likeness (QED) is 0.826. The van der Waals surface area contributed by atoms with Crippen LogP contribution in [0.15, 0.2) is 47.9 Å². The lowest BCUT2D eigenvalue weighted by Gasteiger charge is -2.27. The molecule has 0 fully saturated rings. The van der Waals surface area contributed by atoms with Gasteiger partial charge in [0.05, 0.1) is 7.11 Å². The molecule has 0 amide bonds. The van der Waals surface area contributed by atoms with E-state index in [1.807, 2.05) is 22.8 Å². The van der Waals surface area contributed by atoms with Gasteiger partial charge in [-0.1, -0.05) is 18.2 Å². The molecule has 2 aromatic heterocycles. The van der Waals surface area contributed by atoms with Crippen molar-refractivity contribution in [1.29, 1.82) is 0 Å². The van der Waals surface area contributed by atoms with E-state index in [1.165, 1.54) is 5.56 Å². The molecule has 126 valence electrons. The number of rotatable bonds is 6. The fourth-order valence-corrected chi connectivity index (χ4v) is 3.32. The summed E-state index contributed by atoms with van der Waals surface area (Å²) in [6.07, 6.45) is 6.35. The van der Waals surface area contributed by atoms with E-state index < -0.39 is 0 Å². The maximum Gasteiger partial charge on any atom is 0.251 e. The number of pyridine rings is 2. The summed E-state index contributed by atoms with van der Waals surface area (Å²) in [5, 5.41) is 3.59.